The van der Waals surface area contributed by atoms with Crippen LogP contribution in [0.3, 0.4) is 0 Å². The van der Waals surface area contributed by atoms with Crippen molar-refractivity contribution in [1.29, 1.82) is 0 Å². The number of nitrogens with zero attached hydrogens (tertiary/aromatic N) is 1. The van der Waals surface area contributed by atoms with Crippen molar-refractivity contribution >= 4 is 15.7 Å². The molecule has 0 unspecified atom stereocenters. The van der Waals surface area contributed by atoms with Crippen LogP contribution in [0.1, 0.15) is 33.6 Å². The van der Waals surface area contributed by atoms with Gasteiger partial charge in [0.15, 0.2) is 15.4 Å². The van der Waals surface area contributed by atoms with Crippen molar-refractivity contribution in [2.75, 3.05) is 18.8 Å². The average Bonchev–Trinajstić information content (AvgIpc) is 3.07. The number of hydrogen-bond donors (Lipinski definition) is 0. The molecule has 2 fully saturated rings. The Morgan fingerprint density at radius 2 is 1.77 bits per heavy atom. The quantitative estimate of drug-likeness (QED) is 0.779. The molecule has 0 radical (unpaired) electrons. The van der Waals surface area contributed by atoms with Gasteiger partial charge in [-0.05, 0) is 33.6 Å². The average molecular weight is 343 g/mol. The van der Waals surface area contributed by atoms with Gasteiger partial charge in [-0.3, -0.25) is 4.79 Å². The number of amides is 1. The van der Waals surface area contributed by atoms with Crippen LogP contribution in [0.4, 0.5) is 13.2 Å². The van der Waals surface area contributed by atoms with Gasteiger partial charge in [-0.1, -0.05) is 0 Å². The van der Waals surface area contributed by atoms with Gasteiger partial charge >= 0.3 is 6.18 Å². The van der Waals surface area contributed by atoms with Gasteiger partial charge in [0.1, 0.15) is 5.75 Å². The number of carbonyl (C=O) groups excluding carboxylic acids is 1. The SMILES string of the molecule is CC1(C)CN(C(=O)CS(=O)(=O)C2CC2)C[C@](C)(C(F)(F)F)O1. The van der Waals surface area contributed by atoms with Gasteiger partial charge in [-0.25, -0.2) is 8.42 Å². The van der Waals surface area contributed by atoms with E-state index in [1.54, 1.807) is 0 Å². The predicted molar refractivity (Wildman–Crippen MR) is 73.0 cm³/mol. The monoisotopic (exact) mass is 343 g/mol. The van der Waals surface area contributed by atoms with Gasteiger partial charge in [-0.2, -0.15) is 13.2 Å². The Morgan fingerprint density at radius 1 is 1.23 bits per heavy atom. The molecule has 1 aliphatic carbocycles. The molecule has 1 amide bonds. The third kappa shape index (κ3) is 3.56. The number of sulfone groups is 1. The van der Waals surface area contributed by atoms with E-state index >= 15 is 0 Å². The third-order valence-corrected chi connectivity index (χ3v) is 6.01. The molecule has 0 aromatic carbocycles. The second-order valence-corrected chi connectivity index (χ2v) is 9.13. The van der Waals surface area contributed by atoms with Crippen molar-refractivity contribution in [2.45, 2.75) is 56.2 Å². The highest BCUT2D eigenvalue weighted by atomic mass is 32.2. The summed E-state index contributed by atoms with van der Waals surface area (Å²) in [5.41, 5.74) is -3.71. The summed E-state index contributed by atoms with van der Waals surface area (Å²) in [4.78, 5) is 13.1. The fourth-order valence-corrected chi connectivity index (χ4v) is 4.30. The van der Waals surface area contributed by atoms with Crippen molar-refractivity contribution in [3.63, 3.8) is 0 Å². The second kappa shape index (κ2) is 5.09. The summed E-state index contributed by atoms with van der Waals surface area (Å²) in [7, 11) is -3.56. The van der Waals surface area contributed by atoms with Crippen molar-refractivity contribution in [3.8, 4) is 0 Å². The topological polar surface area (TPSA) is 63.7 Å². The van der Waals surface area contributed by atoms with E-state index in [1.165, 1.54) is 13.8 Å². The summed E-state index contributed by atoms with van der Waals surface area (Å²) in [5, 5.41) is -0.514. The number of morpholine rings is 1. The molecule has 1 saturated carbocycles. The lowest BCUT2D eigenvalue weighted by Crippen LogP contribution is -2.65. The molecular formula is C13H20F3NO4S. The number of alkyl halides is 3. The van der Waals surface area contributed by atoms with Crippen molar-refractivity contribution in [1.82, 2.24) is 4.90 Å². The lowest BCUT2D eigenvalue weighted by molar-refractivity contribution is -0.319. The summed E-state index contributed by atoms with van der Waals surface area (Å²) >= 11 is 0. The van der Waals surface area contributed by atoms with Gasteiger partial charge in [0.25, 0.3) is 0 Å². The summed E-state index contributed by atoms with van der Waals surface area (Å²) in [6, 6.07) is 0. The van der Waals surface area contributed by atoms with Crippen molar-refractivity contribution in [2.24, 2.45) is 0 Å². The van der Waals surface area contributed by atoms with Crippen LogP contribution in [0.5, 0.6) is 0 Å². The molecule has 2 rings (SSSR count). The third-order valence-electron chi connectivity index (χ3n) is 3.88. The van der Waals surface area contributed by atoms with Crippen LogP contribution in [0.2, 0.25) is 0 Å². The molecule has 0 bridgehead atoms. The molecule has 1 saturated heterocycles. The predicted octanol–water partition coefficient (Wildman–Crippen LogP) is 1.52. The van der Waals surface area contributed by atoms with E-state index in [4.69, 9.17) is 4.74 Å². The van der Waals surface area contributed by atoms with Crippen LogP contribution in [0.15, 0.2) is 0 Å². The van der Waals surface area contributed by atoms with E-state index < -0.39 is 50.7 Å². The zero-order valence-electron chi connectivity index (χ0n) is 12.7. The summed E-state index contributed by atoms with van der Waals surface area (Å²) in [6.07, 6.45) is -3.62. The Balaban J connectivity index is 2.18. The van der Waals surface area contributed by atoms with Crippen LogP contribution in [-0.4, -0.2) is 60.7 Å². The Kier molecular flexibility index (Phi) is 4.05. The minimum absolute atomic E-state index is 0.0717. The van der Waals surface area contributed by atoms with E-state index in [2.05, 4.69) is 0 Å². The normalized spacial score (nSPS) is 29.5. The van der Waals surface area contributed by atoms with Crippen LogP contribution < -0.4 is 0 Å². The molecular weight excluding hydrogens is 323 g/mol. The molecule has 1 aliphatic heterocycles. The fourth-order valence-electron chi connectivity index (χ4n) is 2.69. The first-order chi connectivity index (χ1) is 9.76. The van der Waals surface area contributed by atoms with Crippen LogP contribution in [0.25, 0.3) is 0 Å². The van der Waals surface area contributed by atoms with Crippen molar-refractivity contribution < 1.29 is 31.1 Å². The Labute approximate surface area is 127 Å². The first kappa shape index (κ1) is 17.5. The van der Waals surface area contributed by atoms with Crippen LogP contribution in [-0.2, 0) is 19.4 Å². The van der Waals surface area contributed by atoms with Crippen LogP contribution >= 0.6 is 0 Å². The Hall–Kier alpha value is -0.830. The highest BCUT2D eigenvalue weighted by Gasteiger charge is 2.59. The molecule has 22 heavy (non-hydrogen) atoms. The maximum Gasteiger partial charge on any atom is 0.418 e. The van der Waals surface area contributed by atoms with Gasteiger partial charge in [0, 0.05) is 6.54 Å². The summed E-state index contributed by atoms with van der Waals surface area (Å²) in [5.74, 6) is -1.53. The minimum Gasteiger partial charge on any atom is -0.356 e. The molecule has 5 nitrogen and oxygen atoms in total. The molecule has 0 spiro atoms. The second-order valence-electron chi connectivity index (χ2n) is 6.85. The zero-order valence-corrected chi connectivity index (χ0v) is 13.6. The smallest absolute Gasteiger partial charge is 0.356 e. The first-order valence-corrected chi connectivity index (χ1v) is 8.74. The molecule has 0 N–H and O–H groups in total. The lowest BCUT2D eigenvalue weighted by atomic mass is 9.96. The maximum absolute atomic E-state index is 13.2. The van der Waals surface area contributed by atoms with E-state index in [1.807, 2.05) is 0 Å². The highest BCUT2D eigenvalue weighted by Crippen LogP contribution is 2.40. The number of carbonyl (C=O) groups is 1. The van der Waals surface area contributed by atoms with Gasteiger partial charge < -0.3 is 9.64 Å². The molecule has 1 heterocycles. The maximum atomic E-state index is 13.2. The van der Waals surface area contributed by atoms with E-state index in [9.17, 15) is 26.4 Å². The minimum atomic E-state index is -4.65. The van der Waals surface area contributed by atoms with Gasteiger partial charge in [-0.15, -0.1) is 0 Å². The molecule has 128 valence electrons. The van der Waals surface area contributed by atoms with E-state index in [0.29, 0.717) is 12.8 Å². The van der Waals surface area contributed by atoms with E-state index in [0.717, 1.165) is 11.8 Å². The number of rotatable bonds is 3. The lowest BCUT2D eigenvalue weighted by Gasteiger charge is -2.48. The van der Waals surface area contributed by atoms with Crippen molar-refractivity contribution in [3.05, 3.63) is 0 Å². The fraction of sp³-hybridized carbons (Fsp3) is 0.923. The molecule has 1 atom stereocenters. The van der Waals surface area contributed by atoms with Crippen LogP contribution in [0, 0.1) is 0 Å². The highest BCUT2D eigenvalue weighted by molar-refractivity contribution is 7.93. The number of ether oxygens (including phenoxy) is 1. The Morgan fingerprint density at radius 3 is 2.23 bits per heavy atom. The Bertz CT molecular complexity index is 568. The summed E-state index contributed by atoms with van der Waals surface area (Å²) < 4.78 is 68.5. The standard InChI is InChI=1S/C13H20F3NO4S/c1-11(2)7-17(8-12(3,21-11)13(14,15)16)10(18)6-22(19,20)9-4-5-9/h9H,4-8H2,1-3H3/t12-/m1/s1. The van der Waals surface area contributed by atoms with E-state index in [-0.39, 0.29) is 6.54 Å². The molecule has 0 aromatic rings. The van der Waals surface area contributed by atoms with Gasteiger partial charge in [0.05, 0.1) is 17.4 Å². The molecule has 2 aliphatic rings. The first-order valence-electron chi connectivity index (χ1n) is 7.02. The van der Waals surface area contributed by atoms with Gasteiger partial charge in [0.2, 0.25) is 5.91 Å². The molecule has 9 heteroatoms. The number of hydrogen-bond acceptors (Lipinski definition) is 4. The number of halogens is 3. The zero-order chi connectivity index (χ0) is 17.0. The largest absolute Gasteiger partial charge is 0.418 e. The molecule has 0 aromatic heterocycles. The summed E-state index contributed by atoms with van der Waals surface area (Å²) in [6.45, 7) is 3.01.